The second-order valence-electron chi connectivity index (χ2n) is 6.95. The third-order valence-corrected chi connectivity index (χ3v) is 4.39. The minimum atomic E-state index is -0.743. The summed E-state index contributed by atoms with van der Waals surface area (Å²) >= 11 is 0. The maximum Gasteiger partial charge on any atom is 0.279 e. The van der Waals surface area contributed by atoms with Crippen molar-refractivity contribution in [2.45, 2.75) is 53.1 Å². The molecule has 0 saturated heterocycles. The molecule has 0 radical (unpaired) electrons. The Hall–Kier alpha value is -2.82. The molecule has 27 heavy (non-hydrogen) atoms. The highest BCUT2D eigenvalue weighted by Crippen LogP contribution is 2.28. The monoisotopic (exact) mass is 368 g/mol. The maximum atomic E-state index is 12.3. The van der Waals surface area contributed by atoms with Crippen LogP contribution in [-0.4, -0.2) is 17.9 Å². The summed E-state index contributed by atoms with van der Waals surface area (Å²) in [6.45, 7) is 9.84. The summed E-state index contributed by atoms with van der Waals surface area (Å²) in [4.78, 5) is 24.4. The zero-order valence-electron chi connectivity index (χ0n) is 16.6. The lowest BCUT2D eigenvalue weighted by atomic mass is 10.0. The predicted molar refractivity (Wildman–Crippen MR) is 107 cm³/mol. The van der Waals surface area contributed by atoms with Crippen LogP contribution in [0.15, 0.2) is 42.5 Å². The van der Waals surface area contributed by atoms with Gasteiger partial charge in [0.1, 0.15) is 5.75 Å². The third kappa shape index (κ3) is 5.58. The molecule has 0 bridgehead atoms. The Kier molecular flexibility index (Phi) is 6.99. The molecule has 0 saturated carbocycles. The van der Waals surface area contributed by atoms with E-state index in [1.807, 2.05) is 37.3 Å². The average Bonchev–Trinajstić information content (AvgIpc) is 2.65. The number of rotatable bonds is 6. The number of carbonyl (C=O) groups is 2. The van der Waals surface area contributed by atoms with Gasteiger partial charge in [0.2, 0.25) is 0 Å². The van der Waals surface area contributed by atoms with Gasteiger partial charge in [0.25, 0.3) is 11.8 Å². The molecule has 2 amide bonds. The fourth-order valence-corrected chi connectivity index (χ4v) is 2.65. The van der Waals surface area contributed by atoms with Gasteiger partial charge in [-0.25, -0.2) is 0 Å². The van der Waals surface area contributed by atoms with E-state index < -0.39 is 12.0 Å². The molecule has 0 fully saturated rings. The van der Waals surface area contributed by atoms with E-state index in [9.17, 15) is 9.59 Å². The highest BCUT2D eigenvalue weighted by molar-refractivity contribution is 5.95. The molecule has 5 nitrogen and oxygen atoms in total. The van der Waals surface area contributed by atoms with Crippen LogP contribution in [-0.2, 0) is 11.2 Å². The van der Waals surface area contributed by atoms with E-state index in [4.69, 9.17) is 4.74 Å². The molecule has 2 aromatic rings. The van der Waals surface area contributed by atoms with Gasteiger partial charge in [-0.1, -0.05) is 45.0 Å². The molecule has 0 aliphatic carbocycles. The Bertz CT molecular complexity index is 798. The number of aryl methyl sites for hydroxylation is 2. The molecular weight excluding hydrogens is 340 g/mol. The van der Waals surface area contributed by atoms with Crippen LogP contribution in [0.1, 0.15) is 60.7 Å². The minimum absolute atomic E-state index is 0.279. The largest absolute Gasteiger partial charge is 0.481 e. The number of hydrazine groups is 1. The van der Waals surface area contributed by atoms with Crippen molar-refractivity contribution in [1.29, 1.82) is 0 Å². The Morgan fingerprint density at radius 3 is 2.26 bits per heavy atom. The molecule has 0 spiro atoms. The lowest BCUT2D eigenvalue weighted by Gasteiger charge is -2.19. The molecule has 0 aliphatic heterocycles. The van der Waals surface area contributed by atoms with Gasteiger partial charge >= 0.3 is 0 Å². The molecule has 2 rings (SSSR count). The molecule has 2 N–H and O–H groups in total. The molecule has 5 heteroatoms. The van der Waals surface area contributed by atoms with Crippen molar-refractivity contribution in [3.8, 4) is 5.75 Å². The number of nitrogens with one attached hydrogen (secondary N) is 2. The van der Waals surface area contributed by atoms with Crippen LogP contribution in [0.2, 0.25) is 0 Å². The lowest BCUT2D eigenvalue weighted by molar-refractivity contribution is -0.128. The Morgan fingerprint density at radius 2 is 1.67 bits per heavy atom. The Morgan fingerprint density at radius 1 is 1.00 bits per heavy atom. The van der Waals surface area contributed by atoms with Crippen LogP contribution >= 0.6 is 0 Å². The van der Waals surface area contributed by atoms with Crippen LogP contribution in [0.4, 0.5) is 0 Å². The number of hydrogen-bond acceptors (Lipinski definition) is 3. The lowest BCUT2D eigenvalue weighted by Crippen LogP contribution is -2.47. The highest BCUT2D eigenvalue weighted by atomic mass is 16.5. The van der Waals surface area contributed by atoms with Crippen molar-refractivity contribution in [2.75, 3.05) is 0 Å². The first kappa shape index (κ1) is 20.5. The summed E-state index contributed by atoms with van der Waals surface area (Å²) in [5, 5.41) is 0. The first-order chi connectivity index (χ1) is 12.8. The Balaban J connectivity index is 1.95. The molecule has 144 valence electrons. The minimum Gasteiger partial charge on any atom is -0.481 e. The van der Waals surface area contributed by atoms with Gasteiger partial charge in [-0.3, -0.25) is 20.4 Å². The van der Waals surface area contributed by atoms with Crippen LogP contribution in [0.5, 0.6) is 5.75 Å². The average molecular weight is 368 g/mol. The fraction of sp³-hybridized carbons (Fsp3) is 0.364. The van der Waals surface area contributed by atoms with Crippen molar-refractivity contribution in [2.24, 2.45) is 0 Å². The van der Waals surface area contributed by atoms with Crippen LogP contribution in [0.25, 0.3) is 0 Å². The number of amides is 2. The highest BCUT2D eigenvalue weighted by Gasteiger charge is 2.18. The molecule has 0 aliphatic rings. The van der Waals surface area contributed by atoms with Crippen LogP contribution in [0.3, 0.4) is 0 Å². The molecular formula is C22H28N2O3. The van der Waals surface area contributed by atoms with Gasteiger partial charge < -0.3 is 4.74 Å². The second kappa shape index (κ2) is 9.21. The van der Waals surface area contributed by atoms with E-state index in [1.165, 1.54) is 0 Å². The van der Waals surface area contributed by atoms with Crippen molar-refractivity contribution in [3.63, 3.8) is 0 Å². The molecule has 0 heterocycles. The summed E-state index contributed by atoms with van der Waals surface area (Å²) in [6, 6.07) is 13.2. The Labute approximate surface area is 161 Å². The third-order valence-electron chi connectivity index (χ3n) is 4.39. The van der Waals surface area contributed by atoms with E-state index in [-0.39, 0.29) is 11.8 Å². The van der Waals surface area contributed by atoms with Crippen molar-refractivity contribution in [3.05, 3.63) is 64.7 Å². The first-order valence-corrected chi connectivity index (χ1v) is 9.28. The van der Waals surface area contributed by atoms with Gasteiger partial charge in [-0.2, -0.15) is 0 Å². The molecule has 1 unspecified atom stereocenters. The first-order valence-electron chi connectivity index (χ1n) is 9.28. The summed E-state index contributed by atoms with van der Waals surface area (Å²) in [5.41, 5.74) is 8.60. The van der Waals surface area contributed by atoms with E-state index in [2.05, 4.69) is 31.6 Å². The van der Waals surface area contributed by atoms with Crippen molar-refractivity contribution in [1.82, 2.24) is 10.9 Å². The van der Waals surface area contributed by atoms with E-state index >= 15 is 0 Å². The van der Waals surface area contributed by atoms with Crippen molar-refractivity contribution >= 4 is 11.8 Å². The smallest absolute Gasteiger partial charge is 0.279 e. The van der Waals surface area contributed by atoms with E-state index in [0.29, 0.717) is 11.3 Å². The zero-order chi connectivity index (χ0) is 20.0. The summed E-state index contributed by atoms with van der Waals surface area (Å²) in [7, 11) is 0. The second-order valence-corrected chi connectivity index (χ2v) is 6.95. The number of benzene rings is 2. The predicted octanol–water partition coefficient (Wildman–Crippen LogP) is 3.91. The summed E-state index contributed by atoms with van der Waals surface area (Å²) in [6.07, 6.45) is 0.164. The summed E-state index contributed by atoms with van der Waals surface area (Å²) in [5.74, 6) is 0.192. The quantitative estimate of drug-likeness (QED) is 0.760. The van der Waals surface area contributed by atoms with Crippen LogP contribution < -0.4 is 15.6 Å². The van der Waals surface area contributed by atoms with E-state index in [0.717, 1.165) is 23.1 Å². The normalized spacial score (nSPS) is 11.8. The number of ether oxygens (including phenoxy) is 1. The van der Waals surface area contributed by atoms with Crippen LogP contribution in [0, 0.1) is 6.92 Å². The number of carbonyl (C=O) groups excluding carboxylic acids is 2. The topological polar surface area (TPSA) is 67.4 Å². The van der Waals surface area contributed by atoms with Crippen molar-refractivity contribution < 1.29 is 14.3 Å². The van der Waals surface area contributed by atoms with Gasteiger partial charge in [0.05, 0.1) is 0 Å². The maximum absolute atomic E-state index is 12.3. The van der Waals surface area contributed by atoms with Gasteiger partial charge in [0.15, 0.2) is 6.10 Å². The van der Waals surface area contributed by atoms with E-state index in [1.54, 1.807) is 19.1 Å². The molecule has 2 aromatic carbocycles. The van der Waals surface area contributed by atoms with Gasteiger partial charge in [0, 0.05) is 5.56 Å². The van der Waals surface area contributed by atoms with Gasteiger partial charge in [-0.05, 0) is 61.1 Å². The van der Waals surface area contributed by atoms with Gasteiger partial charge in [-0.15, -0.1) is 0 Å². The SMILES string of the molecule is CCc1ccc(C(=O)NNC(=O)C(C)Oc2cc(C)ccc2C(C)C)cc1. The fourth-order valence-electron chi connectivity index (χ4n) is 2.65. The summed E-state index contributed by atoms with van der Waals surface area (Å²) < 4.78 is 5.85. The molecule has 0 aromatic heterocycles. The zero-order valence-corrected chi connectivity index (χ0v) is 16.6. The number of hydrogen-bond donors (Lipinski definition) is 2. The molecule has 1 atom stereocenters. The standard InChI is InChI=1S/C22H28N2O3/c1-6-17-8-10-18(11-9-17)22(26)24-23-21(25)16(5)27-20-13-15(4)7-12-19(20)14(2)3/h7-14,16H,6H2,1-5H3,(H,23,25)(H,24,26).